The van der Waals surface area contributed by atoms with Crippen molar-refractivity contribution in [2.24, 2.45) is 0 Å². The molecule has 0 aliphatic carbocycles. The average molecular weight is 421 g/mol. The molecule has 2 atom stereocenters. The van der Waals surface area contributed by atoms with Gasteiger partial charge in [0.25, 0.3) is 0 Å². The topological polar surface area (TPSA) is 66.8 Å². The largest absolute Gasteiger partial charge is 0.480 e. The Hall–Kier alpha value is -2.72. The summed E-state index contributed by atoms with van der Waals surface area (Å²) in [5, 5.41) is 10.5. The van der Waals surface area contributed by atoms with Gasteiger partial charge in [0, 0.05) is 6.54 Å². The van der Waals surface area contributed by atoms with E-state index in [2.05, 4.69) is 0 Å². The Morgan fingerprint density at radius 2 is 1.53 bits per heavy atom. The summed E-state index contributed by atoms with van der Waals surface area (Å²) in [4.78, 5) is 12.1. The molecule has 5 nitrogen and oxygen atoms in total. The molecular formula is C24H24NO4P. The average Bonchev–Trinajstić information content (AvgIpc) is 2.79. The number of carboxylic acids is 1. The van der Waals surface area contributed by atoms with Crippen LogP contribution in [0.5, 0.6) is 0 Å². The molecule has 3 aromatic carbocycles. The summed E-state index contributed by atoms with van der Waals surface area (Å²) >= 11 is 0. The van der Waals surface area contributed by atoms with Crippen molar-refractivity contribution < 1.29 is 19.0 Å². The Labute approximate surface area is 176 Å². The van der Waals surface area contributed by atoms with Crippen LogP contribution < -0.4 is 5.30 Å². The van der Waals surface area contributed by atoms with Crippen molar-refractivity contribution in [3.05, 3.63) is 90.5 Å². The first-order valence-electron chi connectivity index (χ1n) is 10.0. The van der Waals surface area contributed by atoms with Crippen LogP contribution in [0, 0.1) is 0 Å². The lowest BCUT2D eigenvalue weighted by Crippen LogP contribution is -2.45. The van der Waals surface area contributed by atoms with E-state index in [9.17, 15) is 14.5 Å². The molecule has 0 saturated carbocycles. The molecule has 2 unspecified atom stereocenters. The molecule has 0 radical (unpaired) electrons. The molecular weight excluding hydrogens is 397 g/mol. The quantitative estimate of drug-likeness (QED) is 0.590. The molecule has 0 amide bonds. The van der Waals surface area contributed by atoms with Gasteiger partial charge in [0.2, 0.25) is 0 Å². The molecule has 4 rings (SSSR count). The summed E-state index contributed by atoms with van der Waals surface area (Å²) in [5.74, 6) is -0.995. The van der Waals surface area contributed by atoms with E-state index >= 15 is 0 Å². The molecule has 0 spiro atoms. The van der Waals surface area contributed by atoms with E-state index in [0.717, 1.165) is 16.7 Å². The number of benzene rings is 3. The minimum absolute atomic E-state index is 0.269. The lowest BCUT2D eigenvalue weighted by Gasteiger charge is -2.38. The third-order valence-corrected chi connectivity index (χ3v) is 7.99. The van der Waals surface area contributed by atoms with Gasteiger partial charge in [-0.25, -0.2) is 4.67 Å². The Morgan fingerprint density at radius 3 is 2.17 bits per heavy atom. The summed E-state index contributed by atoms with van der Waals surface area (Å²) < 4.78 is 21.3. The fraction of sp³-hybridized carbons (Fsp3) is 0.208. The molecule has 3 aromatic rings. The Bertz CT molecular complexity index is 1040. The van der Waals surface area contributed by atoms with E-state index in [4.69, 9.17) is 4.52 Å². The van der Waals surface area contributed by atoms with E-state index in [1.807, 2.05) is 72.8 Å². The second-order valence-electron chi connectivity index (χ2n) is 7.33. The maximum Gasteiger partial charge on any atom is 0.321 e. The zero-order chi connectivity index (χ0) is 21.0. The minimum Gasteiger partial charge on any atom is -0.480 e. The van der Waals surface area contributed by atoms with Crippen LogP contribution in [0.25, 0.3) is 11.1 Å². The van der Waals surface area contributed by atoms with Crippen LogP contribution in [-0.4, -0.2) is 34.9 Å². The monoisotopic (exact) mass is 421 g/mol. The zero-order valence-corrected chi connectivity index (χ0v) is 17.4. The number of carboxylic acid groups (broad SMARTS) is 1. The Morgan fingerprint density at radius 1 is 0.933 bits per heavy atom. The molecule has 0 bridgehead atoms. The highest BCUT2D eigenvalue weighted by Gasteiger charge is 2.43. The Kier molecular flexibility index (Phi) is 6.14. The third kappa shape index (κ3) is 4.24. The van der Waals surface area contributed by atoms with Gasteiger partial charge in [-0.15, -0.1) is 0 Å². The fourth-order valence-electron chi connectivity index (χ4n) is 3.81. The highest BCUT2D eigenvalue weighted by Crippen LogP contribution is 2.53. The molecule has 1 fully saturated rings. The lowest BCUT2D eigenvalue weighted by molar-refractivity contribution is -0.141. The predicted octanol–water partition coefficient (Wildman–Crippen LogP) is 4.59. The second-order valence-corrected chi connectivity index (χ2v) is 9.66. The highest BCUT2D eigenvalue weighted by atomic mass is 31.2. The Balaban J connectivity index is 1.66. The van der Waals surface area contributed by atoms with Crippen LogP contribution in [0.4, 0.5) is 0 Å². The standard InChI is InChI=1S/C24H24NO4P/c26-24(27)23(18-19-8-3-1-4-9-19)25-16-7-17-29-30(25,28)22-14-12-21(13-15-22)20-10-5-2-6-11-20/h1-6,8-15,23H,7,16-18H2,(H,26,27). The van der Waals surface area contributed by atoms with Crippen molar-refractivity contribution >= 4 is 18.8 Å². The molecule has 1 aliphatic heterocycles. The van der Waals surface area contributed by atoms with Gasteiger partial charge in [0.15, 0.2) is 0 Å². The van der Waals surface area contributed by atoms with Crippen molar-refractivity contribution in [3.8, 4) is 11.1 Å². The number of hydrogen-bond donors (Lipinski definition) is 1. The molecule has 6 heteroatoms. The molecule has 1 aliphatic rings. The van der Waals surface area contributed by atoms with Crippen LogP contribution in [0.15, 0.2) is 84.9 Å². The number of hydrogen-bond acceptors (Lipinski definition) is 3. The van der Waals surface area contributed by atoms with Gasteiger partial charge in [0.05, 0.1) is 11.9 Å². The summed E-state index contributed by atoms with van der Waals surface area (Å²) in [6.07, 6.45) is 0.913. The fourth-order valence-corrected chi connectivity index (χ4v) is 6.26. The van der Waals surface area contributed by atoms with Gasteiger partial charge in [0.1, 0.15) is 6.04 Å². The van der Waals surface area contributed by atoms with Crippen molar-refractivity contribution in [1.29, 1.82) is 0 Å². The number of rotatable bonds is 6. The minimum atomic E-state index is -3.48. The van der Waals surface area contributed by atoms with Gasteiger partial charge in [-0.3, -0.25) is 9.36 Å². The van der Waals surface area contributed by atoms with Gasteiger partial charge >= 0.3 is 13.5 Å². The summed E-state index contributed by atoms with van der Waals surface area (Å²) in [6.45, 7) is 0.771. The number of nitrogens with zero attached hydrogens (tertiary/aromatic N) is 1. The van der Waals surface area contributed by atoms with Gasteiger partial charge in [-0.05, 0) is 41.7 Å². The van der Waals surface area contributed by atoms with Crippen molar-refractivity contribution in [2.75, 3.05) is 13.2 Å². The third-order valence-electron chi connectivity index (χ3n) is 5.35. The summed E-state index contributed by atoms with van der Waals surface area (Å²) in [5.41, 5.74) is 2.96. The highest BCUT2D eigenvalue weighted by molar-refractivity contribution is 7.64. The van der Waals surface area contributed by atoms with Gasteiger partial charge in [-0.2, -0.15) is 0 Å². The first-order valence-corrected chi connectivity index (χ1v) is 11.6. The first-order chi connectivity index (χ1) is 14.6. The van der Waals surface area contributed by atoms with E-state index < -0.39 is 19.5 Å². The second kappa shape index (κ2) is 8.97. The zero-order valence-electron chi connectivity index (χ0n) is 16.6. The molecule has 1 heterocycles. The normalized spacial score (nSPS) is 20.5. The van der Waals surface area contributed by atoms with Gasteiger partial charge in [-0.1, -0.05) is 72.8 Å². The molecule has 0 aromatic heterocycles. The molecule has 1 saturated heterocycles. The first kappa shape index (κ1) is 20.5. The molecule has 30 heavy (non-hydrogen) atoms. The predicted molar refractivity (Wildman–Crippen MR) is 118 cm³/mol. The van der Waals surface area contributed by atoms with Crippen LogP contribution in [0.2, 0.25) is 0 Å². The van der Waals surface area contributed by atoms with Crippen LogP contribution in [0.1, 0.15) is 12.0 Å². The maximum atomic E-state index is 14.0. The van der Waals surface area contributed by atoms with Crippen molar-refractivity contribution in [3.63, 3.8) is 0 Å². The molecule has 154 valence electrons. The van der Waals surface area contributed by atoms with Crippen LogP contribution in [-0.2, 0) is 20.3 Å². The smallest absolute Gasteiger partial charge is 0.321 e. The van der Waals surface area contributed by atoms with E-state index in [1.54, 1.807) is 16.8 Å². The van der Waals surface area contributed by atoms with E-state index in [-0.39, 0.29) is 6.42 Å². The lowest BCUT2D eigenvalue weighted by atomic mass is 10.1. The van der Waals surface area contributed by atoms with Crippen molar-refractivity contribution in [1.82, 2.24) is 4.67 Å². The SMILES string of the molecule is O=C(O)C(Cc1ccccc1)N1CCCOP1(=O)c1ccc(-c2ccccc2)cc1. The van der Waals surface area contributed by atoms with Gasteiger partial charge < -0.3 is 9.63 Å². The van der Waals surface area contributed by atoms with Crippen LogP contribution in [0.3, 0.4) is 0 Å². The van der Waals surface area contributed by atoms with E-state index in [1.165, 1.54) is 0 Å². The van der Waals surface area contributed by atoms with Crippen LogP contribution >= 0.6 is 7.52 Å². The molecule has 1 N–H and O–H groups in total. The van der Waals surface area contributed by atoms with E-state index in [0.29, 0.717) is 24.9 Å². The maximum absolute atomic E-state index is 14.0. The van der Waals surface area contributed by atoms with Crippen molar-refractivity contribution in [2.45, 2.75) is 18.9 Å². The summed E-state index contributed by atoms with van der Waals surface area (Å²) in [6, 6.07) is 25.8. The summed E-state index contributed by atoms with van der Waals surface area (Å²) in [7, 11) is -3.48. The number of carbonyl (C=O) groups is 1. The number of aliphatic carboxylic acids is 1.